The molecule has 0 amide bonds. The number of hydrogen-bond donors (Lipinski definition) is 2. The molecule has 108 valence electrons. The fraction of sp³-hybridized carbons (Fsp3) is 1.00. The highest BCUT2D eigenvalue weighted by Gasteiger charge is 2.31. The molecule has 0 aromatic heterocycles. The van der Waals surface area contributed by atoms with E-state index in [1.807, 2.05) is 6.92 Å². The van der Waals surface area contributed by atoms with Crippen molar-refractivity contribution in [1.29, 1.82) is 0 Å². The van der Waals surface area contributed by atoms with E-state index in [0.717, 1.165) is 12.3 Å². The molecule has 2 atom stereocenters. The lowest BCUT2D eigenvalue weighted by Gasteiger charge is -2.42. The van der Waals surface area contributed by atoms with Crippen LogP contribution in [0, 0.1) is 11.3 Å². The van der Waals surface area contributed by atoms with Crippen LogP contribution in [0.4, 0.5) is 0 Å². The molecule has 1 aliphatic rings. The maximum atomic E-state index is 9.25. The molecule has 0 saturated carbocycles. The van der Waals surface area contributed by atoms with Gasteiger partial charge in [0.05, 0.1) is 6.61 Å². The molecular formula is C15H32N2O. The highest BCUT2D eigenvalue weighted by Crippen LogP contribution is 2.35. The van der Waals surface area contributed by atoms with Gasteiger partial charge in [0, 0.05) is 11.6 Å². The van der Waals surface area contributed by atoms with E-state index in [-0.39, 0.29) is 6.61 Å². The molecule has 0 spiro atoms. The molecule has 2 unspecified atom stereocenters. The molecule has 0 radical (unpaired) electrons. The van der Waals surface area contributed by atoms with Crippen LogP contribution in [0.1, 0.15) is 53.9 Å². The minimum absolute atomic E-state index is 0.0653. The summed E-state index contributed by atoms with van der Waals surface area (Å²) in [5.41, 5.74) is 6.03. The minimum atomic E-state index is -0.444. The lowest BCUT2D eigenvalue weighted by atomic mass is 9.75. The molecule has 0 aromatic rings. The number of nitrogens with two attached hydrogens (primary N) is 1. The predicted molar refractivity (Wildman–Crippen MR) is 77.5 cm³/mol. The van der Waals surface area contributed by atoms with E-state index in [2.05, 4.69) is 32.6 Å². The Balaban J connectivity index is 2.43. The van der Waals surface area contributed by atoms with Gasteiger partial charge in [0.15, 0.2) is 0 Å². The van der Waals surface area contributed by atoms with Crippen molar-refractivity contribution in [2.75, 3.05) is 19.7 Å². The van der Waals surface area contributed by atoms with E-state index in [9.17, 15) is 5.11 Å². The second-order valence-corrected chi connectivity index (χ2v) is 7.54. The van der Waals surface area contributed by atoms with E-state index in [4.69, 9.17) is 5.73 Å². The number of rotatable bonds is 4. The summed E-state index contributed by atoms with van der Waals surface area (Å²) in [7, 11) is 0. The Labute approximate surface area is 113 Å². The molecule has 1 aliphatic heterocycles. The van der Waals surface area contributed by atoms with Crippen molar-refractivity contribution in [2.45, 2.75) is 65.5 Å². The summed E-state index contributed by atoms with van der Waals surface area (Å²) in [4.78, 5) is 2.53. The van der Waals surface area contributed by atoms with Gasteiger partial charge in [0.2, 0.25) is 0 Å². The predicted octanol–water partition coefficient (Wildman–Crippen LogP) is 2.23. The van der Waals surface area contributed by atoms with E-state index in [0.29, 0.717) is 11.5 Å². The maximum Gasteiger partial charge on any atom is 0.0609 e. The second-order valence-electron chi connectivity index (χ2n) is 7.54. The van der Waals surface area contributed by atoms with Crippen molar-refractivity contribution in [1.82, 2.24) is 4.90 Å². The van der Waals surface area contributed by atoms with E-state index < -0.39 is 5.54 Å². The van der Waals surface area contributed by atoms with Crippen LogP contribution in [-0.4, -0.2) is 41.3 Å². The highest BCUT2D eigenvalue weighted by molar-refractivity contribution is 4.87. The number of aliphatic hydroxyl groups excluding tert-OH is 1. The smallest absolute Gasteiger partial charge is 0.0609 e. The summed E-state index contributed by atoms with van der Waals surface area (Å²) in [6, 6.07) is 0.466. The number of nitrogens with zero attached hydrogens (tertiary/aromatic N) is 1. The molecule has 1 fully saturated rings. The lowest BCUT2D eigenvalue weighted by molar-refractivity contribution is 0.0705. The molecule has 18 heavy (non-hydrogen) atoms. The fourth-order valence-electron chi connectivity index (χ4n) is 3.07. The van der Waals surface area contributed by atoms with Crippen molar-refractivity contribution >= 4 is 0 Å². The van der Waals surface area contributed by atoms with Crippen LogP contribution < -0.4 is 5.73 Å². The molecule has 1 heterocycles. The summed E-state index contributed by atoms with van der Waals surface area (Å²) in [6.45, 7) is 13.6. The molecule has 0 bridgehead atoms. The molecule has 3 nitrogen and oxygen atoms in total. The number of likely N-dealkylation sites (tertiary alicyclic amines) is 1. The zero-order chi connectivity index (χ0) is 14.0. The summed E-state index contributed by atoms with van der Waals surface area (Å²) < 4.78 is 0. The lowest BCUT2D eigenvalue weighted by Crippen LogP contribution is -2.49. The largest absolute Gasteiger partial charge is 0.394 e. The van der Waals surface area contributed by atoms with Gasteiger partial charge in [-0.25, -0.2) is 0 Å². The third-order valence-corrected chi connectivity index (χ3v) is 4.50. The van der Waals surface area contributed by atoms with Gasteiger partial charge >= 0.3 is 0 Å². The van der Waals surface area contributed by atoms with Crippen molar-refractivity contribution < 1.29 is 5.11 Å². The van der Waals surface area contributed by atoms with Gasteiger partial charge in [-0.15, -0.1) is 0 Å². The molecule has 1 saturated heterocycles. The molecular weight excluding hydrogens is 224 g/mol. The minimum Gasteiger partial charge on any atom is -0.394 e. The molecule has 0 aromatic carbocycles. The monoisotopic (exact) mass is 256 g/mol. The third-order valence-electron chi connectivity index (χ3n) is 4.50. The fourth-order valence-corrected chi connectivity index (χ4v) is 3.07. The first-order valence-electron chi connectivity index (χ1n) is 7.29. The van der Waals surface area contributed by atoms with Crippen LogP contribution in [0.25, 0.3) is 0 Å². The van der Waals surface area contributed by atoms with E-state index in [1.54, 1.807) is 0 Å². The van der Waals surface area contributed by atoms with Gasteiger partial charge < -0.3 is 15.7 Å². The zero-order valence-electron chi connectivity index (χ0n) is 12.9. The average molecular weight is 256 g/mol. The maximum absolute atomic E-state index is 9.25. The normalized spacial score (nSPS) is 24.8. The first-order valence-corrected chi connectivity index (χ1v) is 7.29. The molecule has 3 heteroatoms. The number of piperidine rings is 1. The van der Waals surface area contributed by atoms with Crippen molar-refractivity contribution in [3.05, 3.63) is 0 Å². The summed E-state index contributed by atoms with van der Waals surface area (Å²) in [5.74, 6) is 0.836. The number of hydrogen-bond acceptors (Lipinski definition) is 3. The van der Waals surface area contributed by atoms with Gasteiger partial charge in [-0.2, -0.15) is 0 Å². The molecule has 3 N–H and O–H groups in total. The van der Waals surface area contributed by atoms with Gasteiger partial charge in [0.1, 0.15) is 0 Å². The van der Waals surface area contributed by atoms with Gasteiger partial charge in [-0.1, -0.05) is 20.8 Å². The topological polar surface area (TPSA) is 49.5 Å². The SMILES string of the molecule is CC(CC(C)(N)CO)N1CCC(C(C)(C)C)CC1. The molecule has 0 aliphatic carbocycles. The summed E-state index contributed by atoms with van der Waals surface area (Å²) in [6.07, 6.45) is 3.44. The van der Waals surface area contributed by atoms with E-state index in [1.165, 1.54) is 25.9 Å². The summed E-state index contributed by atoms with van der Waals surface area (Å²) in [5, 5.41) is 9.25. The Morgan fingerprint density at radius 1 is 1.22 bits per heavy atom. The third kappa shape index (κ3) is 4.52. The zero-order valence-corrected chi connectivity index (χ0v) is 12.9. The van der Waals surface area contributed by atoms with E-state index >= 15 is 0 Å². The van der Waals surface area contributed by atoms with Crippen LogP contribution in [0.2, 0.25) is 0 Å². The Morgan fingerprint density at radius 3 is 2.11 bits per heavy atom. The Kier molecular flexibility index (Phi) is 5.22. The van der Waals surface area contributed by atoms with Gasteiger partial charge in [0.25, 0.3) is 0 Å². The molecule has 1 rings (SSSR count). The Bertz CT molecular complexity index is 250. The standard InChI is InChI=1S/C15H32N2O/c1-12(10-15(5,16)11-18)17-8-6-13(7-9-17)14(2,3)4/h12-13,18H,6-11,16H2,1-5H3. The van der Waals surface area contributed by atoms with Gasteiger partial charge in [-0.05, 0) is 57.5 Å². The van der Waals surface area contributed by atoms with Crippen LogP contribution in [0.3, 0.4) is 0 Å². The first kappa shape index (κ1) is 15.9. The second kappa shape index (κ2) is 5.89. The van der Waals surface area contributed by atoms with Crippen LogP contribution in [-0.2, 0) is 0 Å². The first-order chi connectivity index (χ1) is 8.15. The van der Waals surface area contributed by atoms with Crippen molar-refractivity contribution in [2.24, 2.45) is 17.1 Å². The average Bonchev–Trinajstić information content (AvgIpc) is 2.27. The highest BCUT2D eigenvalue weighted by atomic mass is 16.3. The van der Waals surface area contributed by atoms with Crippen LogP contribution in [0.15, 0.2) is 0 Å². The van der Waals surface area contributed by atoms with Crippen LogP contribution in [0.5, 0.6) is 0 Å². The summed E-state index contributed by atoms with van der Waals surface area (Å²) >= 11 is 0. The van der Waals surface area contributed by atoms with Crippen molar-refractivity contribution in [3.63, 3.8) is 0 Å². The van der Waals surface area contributed by atoms with Crippen LogP contribution >= 0.6 is 0 Å². The van der Waals surface area contributed by atoms with Gasteiger partial charge in [-0.3, -0.25) is 0 Å². The Hall–Kier alpha value is -0.120. The quantitative estimate of drug-likeness (QED) is 0.811. The van der Waals surface area contributed by atoms with Crippen molar-refractivity contribution in [3.8, 4) is 0 Å². The number of aliphatic hydroxyl groups is 1. The Morgan fingerprint density at radius 2 is 1.72 bits per heavy atom.